The van der Waals surface area contributed by atoms with Crippen molar-refractivity contribution in [2.75, 3.05) is 18.5 Å². The van der Waals surface area contributed by atoms with Crippen molar-refractivity contribution in [3.63, 3.8) is 0 Å². The van der Waals surface area contributed by atoms with E-state index < -0.39 is 0 Å². The summed E-state index contributed by atoms with van der Waals surface area (Å²) < 4.78 is 11.4. The van der Waals surface area contributed by atoms with Crippen LogP contribution in [0.1, 0.15) is 19.7 Å². The Morgan fingerprint density at radius 3 is 2.58 bits per heavy atom. The van der Waals surface area contributed by atoms with E-state index in [0.29, 0.717) is 36.4 Å². The highest BCUT2D eigenvalue weighted by Crippen LogP contribution is 2.38. The highest BCUT2D eigenvalue weighted by atomic mass is 32.1. The van der Waals surface area contributed by atoms with Crippen LogP contribution in [-0.4, -0.2) is 44.3 Å². The number of amides is 2. The Labute approximate surface area is 223 Å². The van der Waals surface area contributed by atoms with E-state index in [4.69, 9.17) is 14.1 Å². The van der Waals surface area contributed by atoms with Crippen LogP contribution in [0, 0.1) is 6.92 Å². The first kappa shape index (κ1) is 25.0. The number of thiazole rings is 1. The maximum Gasteiger partial charge on any atom is 0.320 e. The molecule has 5 rings (SSSR count). The third-order valence-electron chi connectivity index (χ3n) is 5.44. The van der Waals surface area contributed by atoms with Crippen molar-refractivity contribution in [2.45, 2.75) is 20.8 Å². The first-order valence-electron chi connectivity index (χ1n) is 12.1. The normalized spacial score (nSPS) is 10.8. The van der Waals surface area contributed by atoms with Gasteiger partial charge >= 0.3 is 6.03 Å². The van der Waals surface area contributed by atoms with Crippen molar-refractivity contribution in [2.24, 2.45) is 0 Å². The zero-order valence-corrected chi connectivity index (χ0v) is 21.9. The van der Waals surface area contributed by atoms with Gasteiger partial charge in [-0.25, -0.2) is 19.7 Å². The standard InChI is InChI=1S/C27H25N7O3S/c1-4-28-27(35)32-23-13-19(26-31-22(15-38-26)17-9-7-6-8-10-17)20(14-29-23)18-11-21(25-34-33-16(3)37-25)30-24(12-18)36-5-2/h6-15H,4-5H2,1-3H3,(H2,28,29,32,35). The third-order valence-corrected chi connectivity index (χ3v) is 6.31. The maximum absolute atomic E-state index is 12.2. The summed E-state index contributed by atoms with van der Waals surface area (Å²) in [6.07, 6.45) is 1.70. The van der Waals surface area contributed by atoms with Crippen molar-refractivity contribution in [3.8, 4) is 50.4 Å². The Morgan fingerprint density at radius 2 is 1.84 bits per heavy atom. The third kappa shape index (κ3) is 5.52. The average Bonchev–Trinajstić information content (AvgIpc) is 3.59. The number of nitrogens with zero attached hydrogens (tertiary/aromatic N) is 5. The summed E-state index contributed by atoms with van der Waals surface area (Å²) in [4.78, 5) is 26.2. The minimum absolute atomic E-state index is 0.287. The van der Waals surface area contributed by atoms with Gasteiger partial charge in [0.2, 0.25) is 11.8 Å². The number of benzene rings is 1. The van der Waals surface area contributed by atoms with Crippen LogP contribution >= 0.6 is 11.3 Å². The Hall–Kier alpha value is -4.64. The molecule has 0 atom stereocenters. The Morgan fingerprint density at radius 1 is 1.00 bits per heavy atom. The predicted octanol–water partition coefficient (Wildman–Crippen LogP) is 5.83. The fourth-order valence-electron chi connectivity index (χ4n) is 3.78. The van der Waals surface area contributed by atoms with Crippen LogP contribution in [0.3, 0.4) is 0 Å². The first-order valence-corrected chi connectivity index (χ1v) is 12.9. The quantitative estimate of drug-likeness (QED) is 0.258. The summed E-state index contributed by atoms with van der Waals surface area (Å²) >= 11 is 1.51. The second kappa shape index (κ2) is 11.2. The van der Waals surface area contributed by atoms with Gasteiger partial charge in [0.05, 0.1) is 12.3 Å². The number of hydrogen-bond donors (Lipinski definition) is 2. The van der Waals surface area contributed by atoms with Crippen molar-refractivity contribution >= 4 is 23.2 Å². The number of hydrogen-bond acceptors (Lipinski definition) is 9. The van der Waals surface area contributed by atoms with E-state index in [1.807, 2.05) is 67.8 Å². The van der Waals surface area contributed by atoms with Crippen molar-refractivity contribution in [1.82, 2.24) is 30.5 Å². The SMILES string of the molecule is CCNC(=O)Nc1cc(-c2nc(-c3ccccc3)cs2)c(-c2cc(OCC)nc(-c3nnc(C)o3)c2)cn1. The number of carbonyl (C=O) groups excluding carboxylic acids is 1. The highest BCUT2D eigenvalue weighted by molar-refractivity contribution is 7.13. The highest BCUT2D eigenvalue weighted by Gasteiger charge is 2.19. The summed E-state index contributed by atoms with van der Waals surface area (Å²) in [5, 5.41) is 16.3. The number of anilines is 1. The van der Waals surface area contributed by atoms with Gasteiger partial charge in [0.15, 0.2) is 0 Å². The van der Waals surface area contributed by atoms with Crippen LogP contribution in [0.5, 0.6) is 5.88 Å². The minimum Gasteiger partial charge on any atom is -0.478 e. The molecule has 0 unspecified atom stereocenters. The van der Waals surface area contributed by atoms with Gasteiger partial charge < -0.3 is 14.5 Å². The predicted molar refractivity (Wildman–Crippen MR) is 146 cm³/mol. The van der Waals surface area contributed by atoms with Crippen molar-refractivity contribution in [3.05, 3.63) is 66.0 Å². The number of aryl methyl sites for hydroxylation is 1. The number of rotatable bonds is 8. The molecule has 38 heavy (non-hydrogen) atoms. The lowest BCUT2D eigenvalue weighted by atomic mass is 10.0. The summed E-state index contributed by atoms with van der Waals surface area (Å²) in [5.74, 6) is 1.54. The van der Waals surface area contributed by atoms with Crippen LogP contribution in [0.25, 0.3) is 44.5 Å². The average molecular weight is 528 g/mol. The molecule has 0 bridgehead atoms. The van der Waals surface area contributed by atoms with Crippen LogP contribution in [0.15, 0.2) is 64.5 Å². The van der Waals surface area contributed by atoms with Gasteiger partial charge in [-0.15, -0.1) is 21.5 Å². The molecule has 0 spiro atoms. The number of pyridine rings is 2. The summed E-state index contributed by atoms with van der Waals surface area (Å²) in [7, 11) is 0. The molecule has 0 saturated carbocycles. The van der Waals surface area contributed by atoms with E-state index in [1.54, 1.807) is 13.1 Å². The molecule has 0 saturated heterocycles. The molecule has 0 aliphatic rings. The number of aromatic nitrogens is 5. The molecule has 10 nitrogen and oxygen atoms in total. The molecule has 0 radical (unpaired) electrons. The largest absolute Gasteiger partial charge is 0.478 e. The van der Waals surface area contributed by atoms with Gasteiger partial charge in [0.25, 0.3) is 5.89 Å². The van der Waals surface area contributed by atoms with Crippen LogP contribution in [0.4, 0.5) is 10.6 Å². The van der Waals surface area contributed by atoms with E-state index in [9.17, 15) is 4.79 Å². The van der Waals surface area contributed by atoms with Gasteiger partial charge in [-0.2, -0.15) is 0 Å². The monoisotopic (exact) mass is 527 g/mol. The number of urea groups is 1. The van der Waals surface area contributed by atoms with Crippen LogP contribution in [0.2, 0.25) is 0 Å². The first-order chi connectivity index (χ1) is 18.5. The topological polar surface area (TPSA) is 128 Å². The Balaban J connectivity index is 1.64. The summed E-state index contributed by atoms with van der Waals surface area (Å²) in [6.45, 7) is 6.40. The van der Waals surface area contributed by atoms with E-state index in [2.05, 4.69) is 30.8 Å². The maximum atomic E-state index is 12.2. The van der Waals surface area contributed by atoms with Crippen molar-refractivity contribution < 1.29 is 13.9 Å². The van der Waals surface area contributed by atoms with Crippen LogP contribution in [-0.2, 0) is 0 Å². The molecule has 1 aromatic carbocycles. The molecule has 2 amide bonds. The van der Waals surface area contributed by atoms with Crippen LogP contribution < -0.4 is 15.4 Å². The molecule has 5 aromatic rings. The Bertz CT molecular complexity index is 1570. The summed E-state index contributed by atoms with van der Waals surface area (Å²) in [5.41, 5.74) is 4.70. The second-order valence-corrected chi connectivity index (χ2v) is 9.00. The van der Waals surface area contributed by atoms with Gasteiger partial charge in [-0.1, -0.05) is 30.3 Å². The molecular formula is C27H25N7O3S. The zero-order chi connectivity index (χ0) is 26.5. The van der Waals surface area contributed by atoms with E-state index in [-0.39, 0.29) is 11.9 Å². The Kier molecular flexibility index (Phi) is 7.36. The lowest BCUT2D eigenvalue weighted by Crippen LogP contribution is -2.28. The molecule has 192 valence electrons. The second-order valence-electron chi connectivity index (χ2n) is 8.14. The minimum atomic E-state index is -0.334. The lowest BCUT2D eigenvalue weighted by Gasteiger charge is -2.13. The van der Waals surface area contributed by atoms with Gasteiger partial charge in [-0.3, -0.25) is 5.32 Å². The fourth-order valence-corrected chi connectivity index (χ4v) is 4.64. The number of nitrogens with one attached hydrogen (secondary N) is 2. The van der Waals surface area contributed by atoms with Gasteiger partial charge in [0.1, 0.15) is 16.5 Å². The fraction of sp³-hybridized carbons (Fsp3) is 0.185. The van der Waals surface area contributed by atoms with E-state index >= 15 is 0 Å². The van der Waals surface area contributed by atoms with Gasteiger partial charge in [-0.05, 0) is 31.5 Å². The molecule has 4 heterocycles. The molecular weight excluding hydrogens is 502 g/mol. The lowest BCUT2D eigenvalue weighted by molar-refractivity contribution is 0.252. The van der Waals surface area contributed by atoms with E-state index in [0.717, 1.165) is 33.0 Å². The van der Waals surface area contributed by atoms with Crippen molar-refractivity contribution in [1.29, 1.82) is 0 Å². The van der Waals surface area contributed by atoms with Gasteiger partial charge in [0, 0.05) is 47.8 Å². The molecule has 11 heteroatoms. The molecule has 0 fully saturated rings. The number of ether oxygens (including phenoxy) is 1. The number of carbonyl (C=O) groups is 1. The van der Waals surface area contributed by atoms with E-state index in [1.165, 1.54) is 11.3 Å². The molecule has 0 aliphatic carbocycles. The molecule has 4 aromatic heterocycles. The molecule has 0 aliphatic heterocycles. The summed E-state index contributed by atoms with van der Waals surface area (Å²) in [6, 6.07) is 15.1. The molecule has 2 N–H and O–H groups in total. The zero-order valence-electron chi connectivity index (χ0n) is 21.1. The smallest absolute Gasteiger partial charge is 0.320 e.